The van der Waals surface area contributed by atoms with Crippen molar-refractivity contribution in [3.8, 4) is 0 Å². The van der Waals surface area contributed by atoms with E-state index in [1.807, 2.05) is 12.1 Å². The number of benzene rings is 1. The fourth-order valence-corrected chi connectivity index (χ4v) is 2.49. The van der Waals surface area contributed by atoms with Crippen molar-refractivity contribution in [3.63, 3.8) is 0 Å². The van der Waals surface area contributed by atoms with Crippen LogP contribution in [0.1, 0.15) is 36.0 Å². The first-order valence-corrected chi connectivity index (χ1v) is 7.12. The van der Waals surface area contributed by atoms with Gasteiger partial charge in [0.1, 0.15) is 0 Å². The number of rotatable bonds is 4. The number of nitrogens with one attached hydrogen (secondary N) is 1. The van der Waals surface area contributed by atoms with Crippen LogP contribution in [0.4, 0.5) is 5.69 Å². The molecule has 1 saturated heterocycles. The number of carbonyl (C=O) groups excluding carboxylic acids is 1. The molecule has 4 heteroatoms. The highest BCUT2D eigenvalue weighted by Crippen LogP contribution is 2.10. The SMILES string of the molecule is Nc1ccccc1C(=O)NCCN1CCCCCC1. The summed E-state index contributed by atoms with van der Waals surface area (Å²) in [6.07, 6.45) is 5.23. The van der Waals surface area contributed by atoms with E-state index in [0.717, 1.165) is 19.6 Å². The third kappa shape index (κ3) is 4.24. The minimum atomic E-state index is -0.0760. The maximum absolute atomic E-state index is 12.0. The molecule has 104 valence electrons. The molecular weight excluding hydrogens is 238 g/mol. The number of para-hydroxylation sites is 1. The molecule has 19 heavy (non-hydrogen) atoms. The summed E-state index contributed by atoms with van der Waals surface area (Å²) in [5, 5.41) is 2.95. The van der Waals surface area contributed by atoms with Gasteiger partial charge in [-0.3, -0.25) is 4.79 Å². The maximum Gasteiger partial charge on any atom is 0.253 e. The van der Waals surface area contributed by atoms with Gasteiger partial charge in [0, 0.05) is 18.8 Å². The summed E-state index contributed by atoms with van der Waals surface area (Å²) < 4.78 is 0. The zero-order valence-electron chi connectivity index (χ0n) is 11.4. The average Bonchev–Trinajstić information content (AvgIpc) is 2.68. The number of likely N-dealkylation sites (tertiary alicyclic amines) is 1. The van der Waals surface area contributed by atoms with Gasteiger partial charge in [-0.25, -0.2) is 0 Å². The molecule has 0 bridgehead atoms. The van der Waals surface area contributed by atoms with Crippen LogP contribution in [0.25, 0.3) is 0 Å². The lowest BCUT2D eigenvalue weighted by atomic mass is 10.1. The number of nitrogen functional groups attached to an aromatic ring is 1. The van der Waals surface area contributed by atoms with Crippen LogP contribution < -0.4 is 11.1 Å². The topological polar surface area (TPSA) is 58.4 Å². The number of carbonyl (C=O) groups is 1. The zero-order valence-corrected chi connectivity index (χ0v) is 11.4. The lowest BCUT2D eigenvalue weighted by molar-refractivity contribution is 0.0949. The molecule has 1 amide bonds. The third-order valence-electron chi connectivity index (χ3n) is 3.62. The van der Waals surface area contributed by atoms with Crippen molar-refractivity contribution in [3.05, 3.63) is 29.8 Å². The number of nitrogens with zero attached hydrogens (tertiary/aromatic N) is 1. The molecule has 4 nitrogen and oxygen atoms in total. The van der Waals surface area contributed by atoms with Gasteiger partial charge in [-0.15, -0.1) is 0 Å². The molecule has 1 aromatic rings. The van der Waals surface area contributed by atoms with Gasteiger partial charge in [-0.1, -0.05) is 25.0 Å². The summed E-state index contributed by atoms with van der Waals surface area (Å²) in [7, 11) is 0. The van der Waals surface area contributed by atoms with Gasteiger partial charge in [-0.2, -0.15) is 0 Å². The summed E-state index contributed by atoms with van der Waals surface area (Å²) in [6, 6.07) is 7.18. The highest BCUT2D eigenvalue weighted by atomic mass is 16.1. The summed E-state index contributed by atoms with van der Waals surface area (Å²) in [6.45, 7) is 3.93. The van der Waals surface area contributed by atoms with Crippen LogP contribution in [-0.4, -0.2) is 37.0 Å². The van der Waals surface area contributed by atoms with Gasteiger partial charge >= 0.3 is 0 Å². The molecule has 0 spiro atoms. The molecule has 0 atom stereocenters. The Morgan fingerprint density at radius 1 is 1.16 bits per heavy atom. The van der Waals surface area contributed by atoms with Crippen molar-refractivity contribution >= 4 is 11.6 Å². The minimum Gasteiger partial charge on any atom is -0.398 e. The van der Waals surface area contributed by atoms with Gasteiger partial charge in [0.05, 0.1) is 5.56 Å². The Hall–Kier alpha value is -1.55. The second-order valence-corrected chi connectivity index (χ2v) is 5.10. The van der Waals surface area contributed by atoms with E-state index in [1.165, 1.54) is 25.7 Å². The molecule has 0 aromatic heterocycles. The Balaban J connectivity index is 1.76. The summed E-state index contributed by atoms with van der Waals surface area (Å²) in [4.78, 5) is 14.4. The van der Waals surface area contributed by atoms with Gasteiger partial charge in [0.2, 0.25) is 0 Å². The molecule has 0 aliphatic carbocycles. The Morgan fingerprint density at radius 3 is 2.53 bits per heavy atom. The molecule has 0 unspecified atom stereocenters. The van der Waals surface area contributed by atoms with Crippen molar-refractivity contribution in [1.29, 1.82) is 0 Å². The molecule has 1 heterocycles. The molecule has 0 saturated carbocycles. The Bertz CT molecular complexity index is 412. The van der Waals surface area contributed by atoms with Crippen molar-refractivity contribution in [2.45, 2.75) is 25.7 Å². The van der Waals surface area contributed by atoms with E-state index >= 15 is 0 Å². The van der Waals surface area contributed by atoms with Crippen LogP contribution >= 0.6 is 0 Å². The van der Waals surface area contributed by atoms with Gasteiger partial charge < -0.3 is 16.0 Å². The first-order chi connectivity index (χ1) is 9.27. The van der Waals surface area contributed by atoms with E-state index in [1.54, 1.807) is 12.1 Å². The lowest BCUT2D eigenvalue weighted by Crippen LogP contribution is -2.35. The van der Waals surface area contributed by atoms with Crippen molar-refractivity contribution in [2.24, 2.45) is 0 Å². The van der Waals surface area contributed by atoms with Crippen molar-refractivity contribution in [2.75, 3.05) is 31.9 Å². The molecule has 0 radical (unpaired) electrons. The minimum absolute atomic E-state index is 0.0760. The highest BCUT2D eigenvalue weighted by Gasteiger charge is 2.11. The first-order valence-electron chi connectivity index (χ1n) is 7.12. The van der Waals surface area contributed by atoms with Crippen LogP contribution in [0, 0.1) is 0 Å². The molecule has 2 rings (SSSR count). The molecular formula is C15H23N3O. The predicted molar refractivity (Wildman–Crippen MR) is 78.1 cm³/mol. The van der Waals surface area contributed by atoms with Crippen LogP contribution in [0.15, 0.2) is 24.3 Å². The molecule has 3 N–H and O–H groups in total. The lowest BCUT2D eigenvalue weighted by Gasteiger charge is -2.19. The molecule has 1 aromatic carbocycles. The average molecular weight is 261 g/mol. The van der Waals surface area contributed by atoms with Gasteiger partial charge in [-0.05, 0) is 38.1 Å². The van der Waals surface area contributed by atoms with Crippen LogP contribution in [0.3, 0.4) is 0 Å². The van der Waals surface area contributed by atoms with Gasteiger partial charge in [0.15, 0.2) is 0 Å². The number of hydrogen-bond acceptors (Lipinski definition) is 3. The smallest absolute Gasteiger partial charge is 0.253 e. The summed E-state index contributed by atoms with van der Waals surface area (Å²) >= 11 is 0. The second-order valence-electron chi connectivity index (χ2n) is 5.10. The van der Waals surface area contributed by atoms with Crippen molar-refractivity contribution < 1.29 is 4.79 Å². The molecule has 1 aliphatic heterocycles. The van der Waals surface area contributed by atoms with Crippen molar-refractivity contribution in [1.82, 2.24) is 10.2 Å². The molecule has 1 fully saturated rings. The largest absolute Gasteiger partial charge is 0.398 e. The fourth-order valence-electron chi connectivity index (χ4n) is 2.49. The Labute approximate surface area is 115 Å². The number of nitrogens with two attached hydrogens (primary N) is 1. The second kappa shape index (κ2) is 7.14. The standard InChI is InChI=1S/C15H23N3O/c16-14-8-4-3-7-13(14)15(19)17-9-12-18-10-5-1-2-6-11-18/h3-4,7-8H,1-2,5-6,9-12,16H2,(H,17,19). The van der Waals surface area contributed by atoms with E-state index in [2.05, 4.69) is 10.2 Å². The fraction of sp³-hybridized carbons (Fsp3) is 0.533. The van der Waals surface area contributed by atoms with Crippen LogP contribution in [0.5, 0.6) is 0 Å². The number of anilines is 1. The zero-order chi connectivity index (χ0) is 13.5. The van der Waals surface area contributed by atoms with Crippen LogP contribution in [-0.2, 0) is 0 Å². The van der Waals surface area contributed by atoms with E-state index in [-0.39, 0.29) is 5.91 Å². The molecule has 1 aliphatic rings. The number of amides is 1. The normalized spacial score (nSPS) is 16.8. The number of hydrogen-bond donors (Lipinski definition) is 2. The van der Waals surface area contributed by atoms with E-state index < -0.39 is 0 Å². The maximum atomic E-state index is 12.0. The Morgan fingerprint density at radius 2 is 1.84 bits per heavy atom. The summed E-state index contributed by atoms with van der Waals surface area (Å²) in [5.41, 5.74) is 6.89. The summed E-state index contributed by atoms with van der Waals surface area (Å²) in [5.74, 6) is -0.0760. The Kier molecular flexibility index (Phi) is 5.21. The van der Waals surface area contributed by atoms with E-state index in [4.69, 9.17) is 5.73 Å². The predicted octanol–water partition coefficient (Wildman–Crippen LogP) is 1.87. The highest BCUT2D eigenvalue weighted by molar-refractivity contribution is 5.99. The van der Waals surface area contributed by atoms with Gasteiger partial charge in [0.25, 0.3) is 5.91 Å². The third-order valence-corrected chi connectivity index (χ3v) is 3.62. The van der Waals surface area contributed by atoms with E-state index in [9.17, 15) is 4.79 Å². The van der Waals surface area contributed by atoms with Crippen LogP contribution in [0.2, 0.25) is 0 Å². The quantitative estimate of drug-likeness (QED) is 0.814. The first kappa shape index (κ1) is 13.9. The monoisotopic (exact) mass is 261 g/mol. The van der Waals surface area contributed by atoms with E-state index in [0.29, 0.717) is 17.8 Å².